The molecule has 1 atom stereocenters. The van der Waals surface area contributed by atoms with Crippen LogP contribution < -0.4 is 30.3 Å². The fourth-order valence-electron chi connectivity index (χ4n) is 3.88. The molecule has 5 rings (SSSR count). The molecule has 3 aromatic rings. The molecule has 0 saturated carbocycles. The van der Waals surface area contributed by atoms with E-state index in [0.29, 0.717) is 36.4 Å². The van der Waals surface area contributed by atoms with Gasteiger partial charge in [0.2, 0.25) is 5.88 Å². The molecule has 12 nitrogen and oxygen atoms in total. The van der Waals surface area contributed by atoms with Crippen LogP contribution in [0.3, 0.4) is 0 Å². The second-order valence-electron chi connectivity index (χ2n) is 8.03. The van der Waals surface area contributed by atoms with Crippen LogP contribution >= 0.6 is 0 Å². The summed E-state index contributed by atoms with van der Waals surface area (Å²) in [6.45, 7) is 2.30. The van der Waals surface area contributed by atoms with Gasteiger partial charge in [-0.3, -0.25) is 14.7 Å². The molecule has 3 N–H and O–H groups in total. The number of ether oxygens (including phenoxy) is 3. The smallest absolute Gasteiger partial charge is 0.416 e. The zero-order valence-electron chi connectivity index (χ0n) is 19.1. The van der Waals surface area contributed by atoms with E-state index in [-0.39, 0.29) is 18.6 Å². The van der Waals surface area contributed by atoms with Crippen molar-refractivity contribution in [1.29, 1.82) is 0 Å². The van der Waals surface area contributed by atoms with Crippen LogP contribution in [0.2, 0.25) is 0 Å². The predicted molar refractivity (Wildman–Crippen MR) is 128 cm³/mol. The van der Waals surface area contributed by atoms with E-state index in [1.165, 1.54) is 4.90 Å². The largest absolute Gasteiger partial charge is 0.481 e. The molecule has 2 aliphatic heterocycles. The number of amides is 2. The molecule has 0 aromatic carbocycles. The topological polar surface area (TPSA) is 140 Å². The Kier molecular flexibility index (Phi) is 6.44. The van der Waals surface area contributed by atoms with Gasteiger partial charge in [0.05, 0.1) is 24.9 Å². The molecule has 35 heavy (non-hydrogen) atoms. The van der Waals surface area contributed by atoms with Gasteiger partial charge in [-0.15, -0.1) is 0 Å². The number of methoxy groups -OCH3 is 1. The monoisotopic (exact) mass is 479 g/mol. The molecule has 5 heterocycles. The van der Waals surface area contributed by atoms with E-state index in [2.05, 4.69) is 30.9 Å². The van der Waals surface area contributed by atoms with Gasteiger partial charge in [-0.25, -0.2) is 14.8 Å². The van der Waals surface area contributed by atoms with Crippen molar-refractivity contribution in [1.82, 2.24) is 20.3 Å². The van der Waals surface area contributed by atoms with E-state index in [0.717, 1.165) is 36.2 Å². The highest BCUT2D eigenvalue weighted by atomic mass is 16.6. The Morgan fingerprint density at radius 3 is 2.97 bits per heavy atom. The Balaban J connectivity index is 1.08. The Hall–Kier alpha value is -4.19. The lowest BCUT2D eigenvalue weighted by Crippen LogP contribution is -2.32. The maximum absolute atomic E-state index is 12.3. The summed E-state index contributed by atoms with van der Waals surface area (Å²) in [5.74, 6) is 1.44. The van der Waals surface area contributed by atoms with E-state index >= 15 is 0 Å². The van der Waals surface area contributed by atoms with Crippen molar-refractivity contribution in [3.05, 3.63) is 36.5 Å². The van der Waals surface area contributed by atoms with Crippen LogP contribution in [0.25, 0.3) is 11.0 Å². The van der Waals surface area contributed by atoms with Crippen molar-refractivity contribution < 1.29 is 23.8 Å². The SMILES string of the molecule is COc1ccc2nccc(NCCCNC[C@@H]3CN(c4ccc5c(n4)NC(=O)CO5)C(=O)O3)c2n1. The fourth-order valence-corrected chi connectivity index (χ4v) is 3.88. The van der Waals surface area contributed by atoms with E-state index < -0.39 is 6.09 Å². The van der Waals surface area contributed by atoms with Crippen LogP contribution in [0.4, 0.5) is 22.1 Å². The molecular formula is C23H25N7O5. The molecule has 1 saturated heterocycles. The van der Waals surface area contributed by atoms with E-state index in [9.17, 15) is 9.59 Å². The average molecular weight is 479 g/mol. The number of pyridine rings is 3. The van der Waals surface area contributed by atoms with Gasteiger partial charge in [-0.1, -0.05) is 0 Å². The van der Waals surface area contributed by atoms with Gasteiger partial charge < -0.3 is 30.2 Å². The number of nitrogens with zero attached hydrogens (tertiary/aromatic N) is 4. The minimum atomic E-state index is -0.471. The summed E-state index contributed by atoms with van der Waals surface area (Å²) < 4.78 is 16.0. The summed E-state index contributed by atoms with van der Waals surface area (Å²) in [5.41, 5.74) is 2.46. The molecule has 0 radical (unpaired) electrons. The zero-order valence-corrected chi connectivity index (χ0v) is 19.1. The second-order valence-corrected chi connectivity index (χ2v) is 8.03. The van der Waals surface area contributed by atoms with Gasteiger partial charge in [-0.2, -0.15) is 0 Å². The number of hydrogen-bond donors (Lipinski definition) is 3. The first-order chi connectivity index (χ1) is 17.1. The number of anilines is 3. The van der Waals surface area contributed by atoms with Gasteiger partial charge in [-0.05, 0) is 37.2 Å². The normalized spacial score (nSPS) is 16.9. The van der Waals surface area contributed by atoms with Crippen molar-refractivity contribution >= 4 is 40.4 Å². The van der Waals surface area contributed by atoms with Crippen molar-refractivity contribution in [3.63, 3.8) is 0 Å². The number of fused-ring (bicyclic) bond motifs is 2. The lowest BCUT2D eigenvalue weighted by atomic mass is 10.2. The summed E-state index contributed by atoms with van der Waals surface area (Å²) in [5, 5.41) is 9.36. The summed E-state index contributed by atoms with van der Waals surface area (Å²) in [7, 11) is 1.59. The van der Waals surface area contributed by atoms with Crippen molar-refractivity contribution in [2.75, 3.05) is 55.4 Å². The number of carbonyl (C=O) groups is 2. The number of carbonyl (C=O) groups excluding carboxylic acids is 2. The fraction of sp³-hybridized carbons (Fsp3) is 0.348. The molecule has 182 valence electrons. The van der Waals surface area contributed by atoms with Gasteiger partial charge >= 0.3 is 6.09 Å². The minimum absolute atomic E-state index is 0.0478. The average Bonchev–Trinajstić information content (AvgIpc) is 3.25. The molecule has 12 heteroatoms. The van der Waals surface area contributed by atoms with Gasteiger partial charge in [0.15, 0.2) is 18.2 Å². The molecular weight excluding hydrogens is 454 g/mol. The number of nitrogens with one attached hydrogen (secondary N) is 3. The molecule has 1 fully saturated rings. The quantitative estimate of drug-likeness (QED) is 0.389. The van der Waals surface area contributed by atoms with Crippen LogP contribution in [-0.2, 0) is 9.53 Å². The lowest BCUT2D eigenvalue weighted by molar-refractivity contribution is -0.118. The summed E-state index contributed by atoms with van der Waals surface area (Å²) in [6.07, 6.45) is 1.82. The summed E-state index contributed by atoms with van der Waals surface area (Å²) in [4.78, 5) is 38.5. The first-order valence-electron chi connectivity index (χ1n) is 11.3. The molecule has 0 unspecified atom stereocenters. The highest BCUT2D eigenvalue weighted by molar-refractivity contribution is 5.95. The summed E-state index contributed by atoms with van der Waals surface area (Å²) >= 11 is 0. The molecule has 2 aliphatic rings. The van der Waals surface area contributed by atoms with E-state index in [1.807, 2.05) is 12.1 Å². The van der Waals surface area contributed by atoms with Crippen LogP contribution in [0, 0.1) is 0 Å². The number of rotatable bonds is 9. The van der Waals surface area contributed by atoms with Gasteiger partial charge in [0, 0.05) is 25.4 Å². The minimum Gasteiger partial charge on any atom is -0.481 e. The predicted octanol–water partition coefficient (Wildman–Crippen LogP) is 1.78. The van der Waals surface area contributed by atoms with Crippen molar-refractivity contribution in [3.8, 4) is 11.6 Å². The molecule has 0 bridgehead atoms. The van der Waals surface area contributed by atoms with Gasteiger partial charge in [0.25, 0.3) is 5.91 Å². The van der Waals surface area contributed by atoms with Crippen LogP contribution in [0.1, 0.15) is 6.42 Å². The number of hydrogen-bond acceptors (Lipinski definition) is 10. The third kappa shape index (κ3) is 5.01. The lowest BCUT2D eigenvalue weighted by Gasteiger charge is -2.19. The maximum atomic E-state index is 12.3. The first-order valence-corrected chi connectivity index (χ1v) is 11.3. The van der Waals surface area contributed by atoms with Crippen LogP contribution in [0.5, 0.6) is 11.6 Å². The van der Waals surface area contributed by atoms with Crippen LogP contribution in [0.15, 0.2) is 36.5 Å². The van der Waals surface area contributed by atoms with Crippen molar-refractivity contribution in [2.24, 2.45) is 0 Å². The first kappa shape index (κ1) is 22.6. The molecule has 0 aliphatic carbocycles. The summed E-state index contributed by atoms with van der Waals surface area (Å²) in [6, 6.07) is 8.91. The third-order valence-electron chi connectivity index (χ3n) is 5.60. The molecule has 0 spiro atoms. The zero-order chi connectivity index (χ0) is 24.2. The maximum Gasteiger partial charge on any atom is 0.416 e. The highest BCUT2D eigenvalue weighted by Crippen LogP contribution is 2.30. The Morgan fingerprint density at radius 1 is 1.17 bits per heavy atom. The van der Waals surface area contributed by atoms with E-state index in [4.69, 9.17) is 14.2 Å². The van der Waals surface area contributed by atoms with E-state index in [1.54, 1.807) is 31.5 Å². The third-order valence-corrected chi connectivity index (χ3v) is 5.60. The van der Waals surface area contributed by atoms with Crippen molar-refractivity contribution in [2.45, 2.75) is 12.5 Å². The Morgan fingerprint density at radius 2 is 2.09 bits per heavy atom. The number of aromatic nitrogens is 3. The Labute approximate surface area is 201 Å². The standard InChI is InChI=1S/C23H25N7O5/c1-33-20-6-3-15-21(29-20)16(7-10-26-15)25-9-2-8-24-11-14-12-30(23(32)35-14)18-5-4-17-22(27-18)28-19(31)13-34-17/h3-7,10,14,24H,2,8-9,11-13H2,1H3,(H,25,26)(H,27,28,31)/t14-/m1/s1. The molecule has 3 aromatic heterocycles. The number of cyclic esters (lactones) is 1. The second kappa shape index (κ2) is 9.97. The Bertz CT molecular complexity index is 1250. The highest BCUT2D eigenvalue weighted by Gasteiger charge is 2.33. The van der Waals surface area contributed by atoms with Gasteiger partial charge in [0.1, 0.15) is 17.4 Å². The molecule has 2 amide bonds. The van der Waals surface area contributed by atoms with Crippen LogP contribution in [-0.4, -0.2) is 73.0 Å².